The van der Waals surface area contributed by atoms with Crippen molar-refractivity contribution in [2.45, 2.75) is 13.3 Å². The van der Waals surface area contributed by atoms with E-state index in [1.54, 1.807) is 19.1 Å². The van der Waals surface area contributed by atoms with Gasteiger partial charge in [0.1, 0.15) is 5.01 Å². The Morgan fingerprint density at radius 1 is 1.36 bits per heavy atom. The fourth-order valence-electron chi connectivity index (χ4n) is 1.69. The van der Waals surface area contributed by atoms with Crippen molar-refractivity contribution >= 4 is 34.8 Å². The van der Waals surface area contributed by atoms with E-state index in [4.69, 9.17) is 16.7 Å². The lowest BCUT2D eigenvalue weighted by Gasteiger charge is -2.07. The molecule has 5 nitrogen and oxygen atoms in total. The predicted octanol–water partition coefficient (Wildman–Crippen LogP) is 2.84. The molecule has 1 heterocycles. The molecule has 1 amide bonds. The van der Waals surface area contributed by atoms with Crippen LogP contribution in [0.1, 0.15) is 12.6 Å². The molecule has 0 aliphatic carbocycles. The van der Waals surface area contributed by atoms with Crippen LogP contribution in [-0.2, 0) is 16.0 Å². The van der Waals surface area contributed by atoms with E-state index in [2.05, 4.69) is 10.3 Å². The van der Waals surface area contributed by atoms with E-state index >= 15 is 0 Å². The predicted molar refractivity (Wildman–Crippen MR) is 86.1 cm³/mol. The molecule has 0 saturated carbocycles. The van der Waals surface area contributed by atoms with E-state index in [1.165, 1.54) is 11.3 Å². The summed E-state index contributed by atoms with van der Waals surface area (Å²) in [6.45, 7) is 1.66. The molecule has 0 aliphatic rings. The number of amides is 1. The van der Waals surface area contributed by atoms with Crippen LogP contribution in [0.2, 0.25) is 5.02 Å². The maximum absolute atomic E-state index is 11.8. The zero-order chi connectivity index (χ0) is 16.1. The first kappa shape index (κ1) is 16.5. The summed E-state index contributed by atoms with van der Waals surface area (Å²) in [4.78, 5) is 26.9. The highest BCUT2D eigenvalue weighted by Crippen LogP contribution is 2.25. The summed E-state index contributed by atoms with van der Waals surface area (Å²) in [5.74, 6) is -1.77. The van der Waals surface area contributed by atoms with Gasteiger partial charge in [-0.25, -0.2) is 4.98 Å². The van der Waals surface area contributed by atoms with E-state index in [-0.39, 0.29) is 18.9 Å². The number of hydrogen-bond acceptors (Lipinski definition) is 4. The SMILES string of the molecule is CC(CNC(=O)Cc1csc(-c2ccc(Cl)cc2)n1)C(=O)O. The average molecular weight is 339 g/mol. The average Bonchev–Trinajstić information content (AvgIpc) is 2.93. The molecule has 0 fully saturated rings. The molecule has 0 saturated heterocycles. The molecule has 1 unspecified atom stereocenters. The molecule has 1 aromatic carbocycles. The van der Waals surface area contributed by atoms with Gasteiger partial charge in [0.15, 0.2) is 0 Å². The summed E-state index contributed by atoms with van der Waals surface area (Å²) in [6, 6.07) is 7.33. The summed E-state index contributed by atoms with van der Waals surface area (Å²) in [7, 11) is 0. The molecule has 116 valence electrons. The lowest BCUT2D eigenvalue weighted by Crippen LogP contribution is -2.32. The van der Waals surface area contributed by atoms with Crippen LogP contribution in [0, 0.1) is 5.92 Å². The third-order valence-corrected chi connectivity index (χ3v) is 4.20. The molecule has 0 aliphatic heterocycles. The Hall–Kier alpha value is -1.92. The van der Waals surface area contributed by atoms with Crippen LogP contribution in [-0.4, -0.2) is 28.5 Å². The van der Waals surface area contributed by atoms with Gasteiger partial charge in [0.25, 0.3) is 0 Å². The Morgan fingerprint density at radius 3 is 2.68 bits per heavy atom. The van der Waals surface area contributed by atoms with Crippen LogP contribution in [0.15, 0.2) is 29.6 Å². The molecule has 2 N–H and O–H groups in total. The fourth-order valence-corrected chi connectivity index (χ4v) is 2.65. The van der Waals surface area contributed by atoms with Crippen LogP contribution in [0.5, 0.6) is 0 Å². The highest BCUT2D eigenvalue weighted by Gasteiger charge is 2.13. The molecular formula is C15H15ClN2O3S. The molecule has 1 aromatic heterocycles. The van der Waals surface area contributed by atoms with Crippen molar-refractivity contribution in [1.29, 1.82) is 0 Å². The third-order valence-electron chi connectivity index (χ3n) is 3.01. The lowest BCUT2D eigenvalue weighted by atomic mass is 10.2. The molecule has 0 radical (unpaired) electrons. The molecular weight excluding hydrogens is 324 g/mol. The monoisotopic (exact) mass is 338 g/mol. The van der Waals surface area contributed by atoms with Crippen LogP contribution in [0.4, 0.5) is 0 Å². The van der Waals surface area contributed by atoms with E-state index in [1.807, 2.05) is 17.5 Å². The Balaban J connectivity index is 1.93. The van der Waals surface area contributed by atoms with Gasteiger partial charge in [-0.3, -0.25) is 9.59 Å². The van der Waals surface area contributed by atoms with Crippen molar-refractivity contribution in [3.05, 3.63) is 40.4 Å². The van der Waals surface area contributed by atoms with Gasteiger partial charge in [-0.2, -0.15) is 0 Å². The van der Waals surface area contributed by atoms with Crippen molar-refractivity contribution in [1.82, 2.24) is 10.3 Å². The van der Waals surface area contributed by atoms with E-state index in [9.17, 15) is 9.59 Å². The molecule has 0 spiro atoms. The first-order valence-electron chi connectivity index (χ1n) is 6.65. The summed E-state index contributed by atoms with van der Waals surface area (Å²) >= 11 is 7.30. The van der Waals surface area contributed by atoms with Crippen molar-refractivity contribution in [3.8, 4) is 10.6 Å². The summed E-state index contributed by atoms with van der Waals surface area (Å²) in [6.07, 6.45) is 0.135. The topological polar surface area (TPSA) is 79.3 Å². The van der Waals surface area contributed by atoms with Gasteiger partial charge in [-0.15, -0.1) is 11.3 Å². The van der Waals surface area contributed by atoms with Crippen molar-refractivity contribution in [3.63, 3.8) is 0 Å². The molecule has 2 rings (SSSR count). The number of carboxylic acids is 1. The first-order chi connectivity index (χ1) is 10.5. The summed E-state index contributed by atoms with van der Waals surface area (Å²) in [5, 5.41) is 14.7. The van der Waals surface area contributed by atoms with Crippen LogP contribution < -0.4 is 5.32 Å². The Kier molecular flexibility index (Phi) is 5.51. The molecule has 7 heteroatoms. The number of carbonyl (C=O) groups is 2. The first-order valence-corrected chi connectivity index (χ1v) is 7.91. The number of carbonyl (C=O) groups excluding carboxylic acids is 1. The number of halogens is 1. The number of nitrogens with one attached hydrogen (secondary N) is 1. The van der Waals surface area contributed by atoms with Gasteiger partial charge in [-0.1, -0.05) is 30.7 Å². The van der Waals surface area contributed by atoms with E-state index < -0.39 is 11.9 Å². The quantitative estimate of drug-likeness (QED) is 0.848. The number of thiazole rings is 1. The zero-order valence-corrected chi connectivity index (χ0v) is 13.4. The Morgan fingerprint density at radius 2 is 2.05 bits per heavy atom. The minimum Gasteiger partial charge on any atom is -0.481 e. The molecule has 2 aromatic rings. The molecule has 22 heavy (non-hydrogen) atoms. The minimum atomic E-state index is -0.931. The normalized spacial score (nSPS) is 11.9. The Labute approximate surface area is 137 Å². The van der Waals surface area contributed by atoms with Gasteiger partial charge in [0.05, 0.1) is 18.0 Å². The highest BCUT2D eigenvalue weighted by molar-refractivity contribution is 7.13. The van der Waals surface area contributed by atoms with Crippen molar-refractivity contribution < 1.29 is 14.7 Å². The number of benzene rings is 1. The Bertz CT molecular complexity index is 670. The number of aromatic nitrogens is 1. The fraction of sp³-hybridized carbons (Fsp3) is 0.267. The van der Waals surface area contributed by atoms with Crippen LogP contribution in [0.25, 0.3) is 10.6 Å². The van der Waals surface area contributed by atoms with Crippen LogP contribution in [0.3, 0.4) is 0 Å². The maximum atomic E-state index is 11.8. The number of aliphatic carboxylic acids is 1. The minimum absolute atomic E-state index is 0.113. The zero-order valence-electron chi connectivity index (χ0n) is 11.9. The second kappa shape index (κ2) is 7.38. The van der Waals surface area contributed by atoms with Crippen molar-refractivity contribution in [2.75, 3.05) is 6.54 Å². The largest absolute Gasteiger partial charge is 0.481 e. The van der Waals surface area contributed by atoms with Gasteiger partial charge >= 0.3 is 5.97 Å². The van der Waals surface area contributed by atoms with Gasteiger partial charge in [0.2, 0.25) is 5.91 Å². The second-order valence-corrected chi connectivity index (χ2v) is 6.17. The van der Waals surface area contributed by atoms with Crippen molar-refractivity contribution in [2.24, 2.45) is 5.92 Å². The molecule has 1 atom stereocenters. The van der Waals surface area contributed by atoms with Gasteiger partial charge in [-0.05, 0) is 12.1 Å². The van der Waals surface area contributed by atoms with Gasteiger partial charge < -0.3 is 10.4 Å². The van der Waals surface area contributed by atoms with Crippen LogP contribution >= 0.6 is 22.9 Å². The summed E-state index contributed by atoms with van der Waals surface area (Å²) in [5.41, 5.74) is 1.61. The second-order valence-electron chi connectivity index (χ2n) is 4.87. The summed E-state index contributed by atoms with van der Waals surface area (Å²) < 4.78 is 0. The smallest absolute Gasteiger partial charge is 0.308 e. The number of nitrogens with zero attached hydrogens (tertiary/aromatic N) is 1. The highest BCUT2D eigenvalue weighted by atomic mass is 35.5. The number of carboxylic acid groups (broad SMARTS) is 1. The number of rotatable bonds is 6. The lowest BCUT2D eigenvalue weighted by molar-refractivity contribution is -0.141. The van der Waals surface area contributed by atoms with E-state index in [0.717, 1.165) is 10.6 Å². The maximum Gasteiger partial charge on any atom is 0.308 e. The number of hydrogen-bond donors (Lipinski definition) is 2. The molecule has 0 bridgehead atoms. The van der Waals surface area contributed by atoms with Gasteiger partial charge in [0, 0.05) is 22.5 Å². The van der Waals surface area contributed by atoms with E-state index in [0.29, 0.717) is 10.7 Å². The third kappa shape index (κ3) is 4.54. The standard InChI is InChI=1S/C15H15ClN2O3S/c1-9(15(20)21)7-17-13(19)6-12-8-22-14(18-12)10-2-4-11(16)5-3-10/h2-5,8-9H,6-7H2,1H3,(H,17,19)(H,20,21).